The Morgan fingerprint density at radius 2 is 1.93 bits per heavy atom. The third-order valence-electron chi connectivity index (χ3n) is 3.11. The summed E-state index contributed by atoms with van der Waals surface area (Å²) in [5, 5.41) is 0.179. The van der Waals surface area contributed by atoms with Gasteiger partial charge in [0.25, 0.3) is 0 Å². The van der Waals surface area contributed by atoms with Crippen molar-refractivity contribution in [3.8, 4) is 0 Å². The molecule has 0 aromatic carbocycles. The van der Waals surface area contributed by atoms with E-state index >= 15 is 0 Å². The van der Waals surface area contributed by atoms with E-state index in [1.54, 1.807) is 0 Å². The van der Waals surface area contributed by atoms with Crippen LogP contribution in [-0.4, -0.2) is 0 Å². The van der Waals surface area contributed by atoms with Gasteiger partial charge in [-0.2, -0.15) is 0 Å². The van der Waals surface area contributed by atoms with E-state index < -0.39 is 0 Å². The number of aryl methyl sites for hydroxylation is 1. The van der Waals surface area contributed by atoms with E-state index in [1.165, 1.54) is 9.75 Å². The Morgan fingerprint density at radius 1 is 1.33 bits per heavy atom. The smallest absolute Gasteiger partial charge is 0.0681 e. The third-order valence-corrected chi connectivity index (χ3v) is 4.77. The van der Waals surface area contributed by atoms with Crippen LogP contribution in [0.1, 0.15) is 49.2 Å². The summed E-state index contributed by atoms with van der Waals surface area (Å²) in [6.07, 6.45) is 1.06. The molecule has 0 saturated heterocycles. The number of halogens is 1. The van der Waals surface area contributed by atoms with Gasteiger partial charge >= 0.3 is 0 Å². The maximum absolute atomic E-state index is 6.43. The Morgan fingerprint density at radius 3 is 2.33 bits per heavy atom. The molecule has 1 rings (SSSR count). The van der Waals surface area contributed by atoms with Crippen LogP contribution >= 0.6 is 22.9 Å². The normalized spacial score (nSPS) is 16.4. The van der Waals surface area contributed by atoms with Crippen LogP contribution in [0.15, 0.2) is 12.1 Å². The third kappa shape index (κ3) is 3.81. The zero-order valence-corrected chi connectivity index (χ0v) is 11.9. The van der Waals surface area contributed by atoms with Gasteiger partial charge in [0.1, 0.15) is 0 Å². The average molecular weight is 245 g/mol. The fourth-order valence-corrected chi connectivity index (χ4v) is 2.74. The highest BCUT2D eigenvalue weighted by molar-refractivity contribution is 7.12. The zero-order chi connectivity index (χ0) is 11.6. The molecule has 0 bridgehead atoms. The second-order valence-corrected chi connectivity index (χ2v) is 7.27. The predicted octanol–water partition coefficient (Wildman–Crippen LogP) is 5.41. The van der Waals surface area contributed by atoms with Gasteiger partial charge in [-0.3, -0.25) is 0 Å². The molecule has 15 heavy (non-hydrogen) atoms. The summed E-state index contributed by atoms with van der Waals surface area (Å²) < 4.78 is 0. The summed E-state index contributed by atoms with van der Waals surface area (Å²) in [6.45, 7) is 11.3. The van der Waals surface area contributed by atoms with Crippen LogP contribution in [0.2, 0.25) is 0 Å². The van der Waals surface area contributed by atoms with E-state index in [4.69, 9.17) is 11.6 Å². The highest BCUT2D eigenvalue weighted by Crippen LogP contribution is 2.38. The first-order valence-corrected chi connectivity index (χ1v) is 6.76. The molecular weight excluding hydrogens is 224 g/mol. The topological polar surface area (TPSA) is 0 Å². The van der Waals surface area contributed by atoms with Crippen molar-refractivity contribution in [1.82, 2.24) is 0 Å². The van der Waals surface area contributed by atoms with Gasteiger partial charge in [0.15, 0.2) is 0 Å². The van der Waals surface area contributed by atoms with Crippen molar-refractivity contribution >= 4 is 22.9 Å². The summed E-state index contributed by atoms with van der Waals surface area (Å²) in [4.78, 5) is 2.66. The highest BCUT2D eigenvalue weighted by Gasteiger charge is 2.23. The SMILES string of the molecule is Cc1ccc(C(Cl)CC(C)C(C)(C)C)s1. The number of thiophene rings is 1. The standard InChI is InChI=1S/C13H21ClS/c1-9(13(3,4)5)8-11(14)12-7-6-10(2)15-12/h6-7,9,11H,8H2,1-5H3. The fraction of sp³-hybridized carbons (Fsp3) is 0.692. The molecule has 2 atom stereocenters. The molecule has 0 spiro atoms. The van der Waals surface area contributed by atoms with Crippen LogP contribution in [0, 0.1) is 18.3 Å². The minimum Gasteiger partial charge on any atom is -0.144 e. The van der Waals surface area contributed by atoms with Crippen molar-refractivity contribution in [3.63, 3.8) is 0 Å². The molecule has 0 aliphatic rings. The lowest BCUT2D eigenvalue weighted by Gasteiger charge is -2.28. The molecule has 1 heterocycles. The van der Waals surface area contributed by atoms with Gasteiger partial charge in [0.05, 0.1) is 5.38 Å². The summed E-state index contributed by atoms with van der Waals surface area (Å²) in [6, 6.07) is 4.31. The molecule has 0 aliphatic carbocycles. The molecular formula is C13H21ClS. The molecule has 2 unspecified atom stereocenters. The highest BCUT2D eigenvalue weighted by atomic mass is 35.5. The number of hydrogen-bond donors (Lipinski definition) is 0. The van der Waals surface area contributed by atoms with Crippen LogP contribution < -0.4 is 0 Å². The number of alkyl halides is 1. The van der Waals surface area contributed by atoms with E-state index in [1.807, 2.05) is 11.3 Å². The molecule has 0 saturated carbocycles. The van der Waals surface area contributed by atoms with Crippen LogP contribution in [0.25, 0.3) is 0 Å². The quantitative estimate of drug-likeness (QED) is 0.624. The van der Waals surface area contributed by atoms with E-state index in [0.29, 0.717) is 11.3 Å². The fourth-order valence-electron chi connectivity index (χ4n) is 1.40. The molecule has 0 nitrogen and oxygen atoms in total. The van der Waals surface area contributed by atoms with Crippen molar-refractivity contribution in [3.05, 3.63) is 21.9 Å². The molecule has 0 N–H and O–H groups in total. The maximum atomic E-state index is 6.43. The summed E-state index contributed by atoms with van der Waals surface area (Å²) in [7, 11) is 0. The van der Waals surface area contributed by atoms with Gasteiger partial charge < -0.3 is 0 Å². The van der Waals surface area contributed by atoms with Crippen molar-refractivity contribution in [2.24, 2.45) is 11.3 Å². The van der Waals surface area contributed by atoms with E-state index in [-0.39, 0.29) is 5.38 Å². The van der Waals surface area contributed by atoms with Gasteiger partial charge in [-0.1, -0.05) is 27.7 Å². The molecule has 1 aromatic heterocycles. The van der Waals surface area contributed by atoms with Gasteiger partial charge in [-0.15, -0.1) is 22.9 Å². The maximum Gasteiger partial charge on any atom is 0.0681 e. The molecule has 86 valence electrons. The lowest BCUT2D eigenvalue weighted by Crippen LogP contribution is -2.18. The van der Waals surface area contributed by atoms with Gasteiger partial charge in [0.2, 0.25) is 0 Å². The largest absolute Gasteiger partial charge is 0.144 e. The molecule has 2 heteroatoms. The number of hydrogen-bond acceptors (Lipinski definition) is 1. The Hall–Kier alpha value is -0.0100. The number of rotatable bonds is 3. The van der Waals surface area contributed by atoms with Crippen molar-refractivity contribution < 1.29 is 0 Å². The Balaban J connectivity index is 2.60. The van der Waals surface area contributed by atoms with Crippen molar-refractivity contribution in [1.29, 1.82) is 0 Å². The lowest BCUT2D eigenvalue weighted by atomic mass is 9.79. The Labute approximate surface area is 103 Å². The van der Waals surface area contributed by atoms with Crippen molar-refractivity contribution in [2.45, 2.75) is 46.4 Å². The molecule has 0 amide bonds. The monoisotopic (exact) mass is 244 g/mol. The summed E-state index contributed by atoms with van der Waals surface area (Å²) in [5.74, 6) is 0.641. The van der Waals surface area contributed by atoms with E-state index in [2.05, 4.69) is 46.8 Å². The first-order chi connectivity index (χ1) is 6.80. The second kappa shape index (κ2) is 4.88. The van der Waals surface area contributed by atoms with Crippen LogP contribution in [0.4, 0.5) is 0 Å². The average Bonchev–Trinajstić information content (AvgIpc) is 2.50. The molecule has 1 aromatic rings. The van der Waals surface area contributed by atoms with Crippen LogP contribution in [-0.2, 0) is 0 Å². The predicted molar refractivity (Wildman–Crippen MR) is 70.9 cm³/mol. The minimum atomic E-state index is 0.179. The zero-order valence-electron chi connectivity index (χ0n) is 10.3. The van der Waals surface area contributed by atoms with Crippen LogP contribution in [0.3, 0.4) is 0 Å². The van der Waals surface area contributed by atoms with Crippen molar-refractivity contribution in [2.75, 3.05) is 0 Å². The molecule has 0 aliphatic heterocycles. The Kier molecular flexibility index (Phi) is 4.25. The second-order valence-electron chi connectivity index (χ2n) is 5.42. The summed E-state index contributed by atoms with van der Waals surface area (Å²) >= 11 is 8.25. The molecule has 0 fully saturated rings. The molecule has 0 radical (unpaired) electrons. The van der Waals surface area contributed by atoms with Crippen LogP contribution in [0.5, 0.6) is 0 Å². The van der Waals surface area contributed by atoms with E-state index in [0.717, 1.165) is 6.42 Å². The first kappa shape index (κ1) is 13.1. The Bertz CT molecular complexity index is 309. The van der Waals surface area contributed by atoms with Gasteiger partial charge in [-0.05, 0) is 36.8 Å². The van der Waals surface area contributed by atoms with Gasteiger partial charge in [0, 0.05) is 9.75 Å². The lowest BCUT2D eigenvalue weighted by molar-refractivity contribution is 0.245. The van der Waals surface area contributed by atoms with Gasteiger partial charge in [-0.25, -0.2) is 0 Å². The minimum absolute atomic E-state index is 0.179. The summed E-state index contributed by atoms with van der Waals surface area (Å²) in [5.41, 5.74) is 0.347. The first-order valence-electron chi connectivity index (χ1n) is 5.51. The van der Waals surface area contributed by atoms with E-state index in [9.17, 15) is 0 Å².